The average molecular weight is 214 g/mol. The van der Waals surface area contributed by atoms with E-state index in [9.17, 15) is 4.79 Å². The van der Waals surface area contributed by atoms with Crippen LogP contribution in [0.15, 0.2) is 0 Å². The van der Waals surface area contributed by atoms with Crippen LogP contribution >= 0.6 is 0 Å². The van der Waals surface area contributed by atoms with Gasteiger partial charge in [-0.25, -0.2) is 0 Å². The molecule has 4 heteroatoms. The smallest absolute Gasteiger partial charge is 0.239 e. The van der Waals surface area contributed by atoms with Crippen LogP contribution in [0.3, 0.4) is 0 Å². The summed E-state index contributed by atoms with van der Waals surface area (Å²) in [4.78, 5) is 13.9. The fourth-order valence-corrected chi connectivity index (χ4v) is 1.93. The average Bonchev–Trinajstić information content (AvgIpc) is 2.28. The molecule has 0 radical (unpaired) electrons. The van der Waals surface area contributed by atoms with Crippen molar-refractivity contribution in [3.63, 3.8) is 0 Å². The lowest BCUT2D eigenvalue weighted by atomic mass is 10.1. The second-order valence-corrected chi connectivity index (χ2v) is 4.06. The van der Waals surface area contributed by atoms with Gasteiger partial charge in [-0.15, -0.1) is 0 Å². The fourth-order valence-electron chi connectivity index (χ4n) is 1.93. The zero-order valence-corrected chi connectivity index (χ0v) is 9.74. The Morgan fingerprint density at radius 3 is 2.93 bits per heavy atom. The molecule has 2 N–H and O–H groups in total. The molecule has 1 saturated heterocycles. The molecule has 0 aromatic rings. The number of ether oxygens (including phenoxy) is 1. The molecule has 0 saturated carbocycles. The highest BCUT2D eigenvalue weighted by molar-refractivity contribution is 5.82. The summed E-state index contributed by atoms with van der Waals surface area (Å²) in [6.07, 6.45) is 2.66. The number of nitrogens with zero attached hydrogens (tertiary/aromatic N) is 1. The standard InChI is InChI=1S/C11H22N2O2/c1-3-5-10(12)11(14)13-6-7-15-8-9(13)4-2/h9-10H,3-8,12H2,1-2H3/t9?,10-/m0/s1. The Morgan fingerprint density at radius 2 is 2.33 bits per heavy atom. The van der Waals surface area contributed by atoms with Crippen molar-refractivity contribution in [3.05, 3.63) is 0 Å². The van der Waals surface area contributed by atoms with E-state index in [-0.39, 0.29) is 18.0 Å². The first-order valence-electron chi connectivity index (χ1n) is 5.84. The highest BCUT2D eigenvalue weighted by Crippen LogP contribution is 2.12. The fraction of sp³-hybridized carbons (Fsp3) is 0.909. The lowest BCUT2D eigenvalue weighted by molar-refractivity contribution is -0.141. The van der Waals surface area contributed by atoms with Gasteiger partial charge in [0.1, 0.15) is 0 Å². The van der Waals surface area contributed by atoms with E-state index in [1.165, 1.54) is 0 Å². The summed E-state index contributed by atoms with van der Waals surface area (Å²) >= 11 is 0. The van der Waals surface area contributed by atoms with Gasteiger partial charge in [-0.1, -0.05) is 20.3 Å². The Kier molecular flexibility index (Phi) is 5.05. The topological polar surface area (TPSA) is 55.6 Å². The van der Waals surface area contributed by atoms with E-state index < -0.39 is 0 Å². The van der Waals surface area contributed by atoms with Crippen molar-refractivity contribution in [1.29, 1.82) is 0 Å². The van der Waals surface area contributed by atoms with Crippen molar-refractivity contribution in [3.8, 4) is 0 Å². The Morgan fingerprint density at radius 1 is 1.60 bits per heavy atom. The van der Waals surface area contributed by atoms with E-state index in [0.29, 0.717) is 19.8 Å². The van der Waals surface area contributed by atoms with Crippen LogP contribution in [-0.2, 0) is 9.53 Å². The van der Waals surface area contributed by atoms with Gasteiger partial charge < -0.3 is 15.4 Å². The molecule has 88 valence electrons. The van der Waals surface area contributed by atoms with Crippen LogP contribution in [0.25, 0.3) is 0 Å². The van der Waals surface area contributed by atoms with Crippen molar-refractivity contribution in [1.82, 2.24) is 4.90 Å². The van der Waals surface area contributed by atoms with Crippen LogP contribution in [0.2, 0.25) is 0 Å². The maximum absolute atomic E-state index is 12.0. The molecule has 15 heavy (non-hydrogen) atoms. The molecule has 1 aliphatic heterocycles. The van der Waals surface area contributed by atoms with E-state index in [1.54, 1.807) is 0 Å². The van der Waals surface area contributed by atoms with Crippen molar-refractivity contribution in [2.24, 2.45) is 5.73 Å². The van der Waals surface area contributed by atoms with E-state index >= 15 is 0 Å². The molecule has 0 aromatic carbocycles. The zero-order valence-electron chi connectivity index (χ0n) is 9.74. The molecular weight excluding hydrogens is 192 g/mol. The Labute approximate surface area is 91.8 Å². The minimum Gasteiger partial charge on any atom is -0.377 e. The van der Waals surface area contributed by atoms with Crippen LogP contribution < -0.4 is 5.73 Å². The summed E-state index contributed by atoms with van der Waals surface area (Å²) in [5.41, 5.74) is 5.84. The van der Waals surface area contributed by atoms with Crippen LogP contribution in [-0.4, -0.2) is 42.6 Å². The van der Waals surface area contributed by atoms with Gasteiger partial charge in [0.25, 0.3) is 0 Å². The number of amides is 1. The first-order valence-corrected chi connectivity index (χ1v) is 5.84. The lowest BCUT2D eigenvalue weighted by Crippen LogP contribution is -2.53. The summed E-state index contributed by atoms with van der Waals surface area (Å²) < 4.78 is 5.36. The third-order valence-electron chi connectivity index (χ3n) is 2.90. The molecule has 2 atom stereocenters. The molecule has 0 aliphatic carbocycles. The molecule has 1 heterocycles. The molecule has 1 unspecified atom stereocenters. The molecule has 4 nitrogen and oxygen atoms in total. The number of rotatable bonds is 4. The molecule has 1 amide bonds. The second kappa shape index (κ2) is 6.08. The number of nitrogens with two attached hydrogens (primary N) is 1. The highest BCUT2D eigenvalue weighted by atomic mass is 16.5. The number of hydrogen-bond acceptors (Lipinski definition) is 3. The maximum Gasteiger partial charge on any atom is 0.239 e. The van der Waals surface area contributed by atoms with E-state index in [4.69, 9.17) is 10.5 Å². The van der Waals surface area contributed by atoms with E-state index in [1.807, 2.05) is 11.8 Å². The van der Waals surface area contributed by atoms with Gasteiger partial charge in [-0.2, -0.15) is 0 Å². The molecular formula is C11H22N2O2. The number of hydrogen-bond donors (Lipinski definition) is 1. The van der Waals surface area contributed by atoms with Crippen molar-refractivity contribution in [2.45, 2.75) is 45.2 Å². The van der Waals surface area contributed by atoms with Crippen LogP contribution in [0, 0.1) is 0 Å². The molecule has 0 aromatic heterocycles. The van der Waals surface area contributed by atoms with E-state index in [2.05, 4.69) is 6.92 Å². The minimum atomic E-state index is -0.331. The number of morpholine rings is 1. The molecule has 0 bridgehead atoms. The number of carbonyl (C=O) groups excluding carboxylic acids is 1. The van der Waals surface area contributed by atoms with Gasteiger partial charge in [-0.05, 0) is 12.8 Å². The Bertz CT molecular complexity index is 209. The Balaban J connectivity index is 2.55. The quantitative estimate of drug-likeness (QED) is 0.751. The van der Waals surface area contributed by atoms with E-state index in [0.717, 1.165) is 19.3 Å². The molecule has 0 spiro atoms. The van der Waals surface area contributed by atoms with Crippen molar-refractivity contribution >= 4 is 5.91 Å². The van der Waals surface area contributed by atoms with Crippen molar-refractivity contribution in [2.75, 3.05) is 19.8 Å². The molecule has 1 aliphatic rings. The SMILES string of the molecule is CCC[C@H](N)C(=O)N1CCOCC1CC. The van der Waals surface area contributed by atoms with Gasteiger partial charge in [0.2, 0.25) is 5.91 Å². The summed E-state index contributed by atoms with van der Waals surface area (Å²) in [6, 6.07) is -0.115. The van der Waals surface area contributed by atoms with Gasteiger partial charge in [0, 0.05) is 6.54 Å². The Hall–Kier alpha value is -0.610. The largest absolute Gasteiger partial charge is 0.377 e. The second-order valence-electron chi connectivity index (χ2n) is 4.06. The summed E-state index contributed by atoms with van der Waals surface area (Å²) in [5, 5.41) is 0. The predicted molar refractivity (Wildman–Crippen MR) is 59.5 cm³/mol. The van der Waals surface area contributed by atoms with Gasteiger partial charge in [-0.3, -0.25) is 4.79 Å². The first kappa shape index (κ1) is 12.5. The molecule has 1 rings (SSSR count). The number of carbonyl (C=O) groups is 1. The third-order valence-corrected chi connectivity index (χ3v) is 2.90. The summed E-state index contributed by atoms with van der Waals surface area (Å²) in [5.74, 6) is 0.0898. The normalized spacial score (nSPS) is 23.9. The summed E-state index contributed by atoms with van der Waals surface area (Å²) in [6.45, 7) is 6.10. The van der Waals surface area contributed by atoms with Gasteiger partial charge in [0.15, 0.2) is 0 Å². The third kappa shape index (κ3) is 3.18. The lowest BCUT2D eigenvalue weighted by Gasteiger charge is -2.36. The van der Waals surface area contributed by atoms with Crippen LogP contribution in [0.4, 0.5) is 0 Å². The maximum atomic E-state index is 12.0. The minimum absolute atomic E-state index is 0.0898. The zero-order chi connectivity index (χ0) is 11.3. The van der Waals surface area contributed by atoms with Crippen LogP contribution in [0.1, 0.15) is 33.1 Å². The van der Waals surface area contributed by atoms with Gasteiger partial charge in [0.05, 0.1) is 25.3 Å². The van der Waals surface area contributed by atoms with Crippen molar-refractivity contribution < 1.29 is 9.53 Å². The monoisotopic (exact) mass is 214 g/mol. The highest BCUT2D eigenvalue weighted by Gasteiger charge is 2.28. The first-order chi connectivity index (χ1) is 7.20. The van der Waals surface area contributed by atoms with Crippen LogP contribution in [0.5, 0.6) is 0 Å². The molecule has 1 fully saturated rings. The van der Waals surface area contributed by atoms with Gasteiger partial charge >= 0.3 is 0 Å². The predicted octanol–water partition coefficient (Wildman–Crippen LogP) is 0.751. The summed E-state index contributed by atoms with van der Waals surface area (Å²) in [7, 11) is 0.